The Morgan fingerprint density at radius 1 is 1.25 bits per heavy atom. The molecular weight excluding hydrogens is 291 g/mol. The molecule has 2 nitrogen and oxygen atoms in total. The van der Waals surface area contributed by atoms with Crippen molar-refractivity contribution in [3.8, 4) is 0 Å². The minimum atomic E-state index is 0.418. The molecule has 4 heteroatoms. The van der Waals surface area contributed by atoms with Crippen LogP contribution in [0.15, 0.2) is 36.7 Å². The number of benzene rings is 1. The topological polar surface area (TPSA) is 17.0 Å². The van der Waals surface area contributed by atoms with Crippen LogP contribution in [-0.4, -0.2) is 11.6 Å². The molecule has 20 heavy (non-hydrogen) atoms. The van der Waals surface area contributed by atoms with Crippen molar-refractivity contribution in [2.75, 3.05) is 7.05 Å². The number of hydrogen-bond acceptors (Lipinski definition) is 1. The van der Waals surface area contributed by atoms with Gasteiger partial charge in [-0.25, -0.2) is 0 Å². The van der Waals surface area contributed by atoms with Gasteiger partial charge in [0, 0.05) is 35.0 Å². The maximum absolute atomic E-state index is 6.22. The highest BCUT2D eigenvalue weighted by Crippen LogP contribution is 2.23. The first kappa shape index (κ1) is 15.4. The van der Waals surface area contributed by atoms with E-state index in [9.17, 15) is 0 Å². The van der Waals surface area contributed by atoms with E-state index in [1.807, 2.05) is 19.2 Å². The molecule has 1 aromatic heterocycles. The first-order valence-electron chi connectivity index (χ1n) is 6.91. The molecule has 0 aliphatic carbocycles. The quantitative estimate of drug-likeness (QED) is 0.802. The summed E-state index contributed by atoms with van der Waals surface area (Å²) in [6.07, 6.45) is 6.59. The molecule has 0 fully saturated rings. The molecule has 1 unspecified atom stereocenters. The van der Waals surface area contributed by atoms with E-state index < -0.39 is 0 Å². The largest absolute Gasteiger partial charge is 0.350 e. The van der Waals surface area contributed by atoms with Gasteiger partial charge in [-0.1, -0.05) is 42.6 Å². The van der Waals surface area contributed by atoms with E-state index in [4.69, 9.17) is 23.2 Å². The molecule has 0 amide bonds. The van der Waals surface area contributed by atoms with Crippen LogP contribution in [0, 0.1) is 0 Å². The minimum Gasteiger partial charge on any atom is -0.350 e. The normalized spacial score (nSPS) is 12.6. The Bertz CT molecular complexity index is 563. The highest BCUT2D eigenvalue weighted by molar-refractivity contribution is 6.35. The van der Waals surface area contributed by atoms with E-state index in [1.165, 1.54) is 12.0 Å². The molecule has 0 radical (unpaired) electrons. The van der Waals surface area contributed by atoms with Gasteiger partial charge in [0.1, 0.15) is 0 Å². The smallest absolute Gasteiger partial charge is 0.0485 e. The maximum Gasteiger partial charge on any atom is 0.0485 e. The second-order valence-electron chi connectivity index (χ2n) is 4.98. The zero-order valence-corrected chi connectivity index (χ0v) is 13.4. The predicted octanol–water partition coefficient (Wildman–Crippen LogP) is 4.90. The van der Waals surface area contributed by atoms with Crippen LogP contribution < -0.4 is 5.32 Å². The van der Waals surface area contributed by atoms with Crippen molar-refractivity contribution in [3.05, 3.63) is 57.8 Å². The number of aromatic nitrogens is 1. The van der Waals surface area contributed by atoms with E-state index in [-0.39, 0.29) is 0 Å². The van der Waals surface area contributed by atoms with Crippen LogP contribution in [0.4, 0.5) is 0 Å². The van der Waals surface area contributed by atoms with Gasteiger partial charge in [-0.2, -0.15) is 0 Å². The average molecular weight is 311 g/mol. The first-order valence-corrected chi connectivity index (χ1v) is 7.66. The van der Waals surface area contributed by atoms with E-state index in [0.717, 1.165) is 18.5 Å². The van der Waals surface area contributed by atoms with Crippen molar-refractivity contribution < 1.29 is 0 Å². The summed E-state index contributed by atoms with van der Waals surface area (Å²) in [7, 11) is 2.01. The van der Waals surface area contributed by atoms with Crippen LogP contribution in [0.1, 0.15) is 36.9 Å². The van der Waals surface area contributed by atoms with Crippen molar-refractivity contribution in [1.29, 1.82) is 0 Å². The van der Waals surface area contributed by atoms with Crippen LogP contribution in [0.3, 0.4) is 0 Å². The zero-order chi connectivity index (χ0) is 14.5. The first-order chi connectivity index (χ1) is 9.63. The Balaban J connectivity index is 2.12. The standard InChI is InChI=1S/C16H20Cl2N2/c1-3-4-16(19-2)13-7-8-20(11-13)10-12-5-6-14(17)9-15(12)18/h5-9,11,16,19H,3-4,10H2,1-2H3. The Kier molecular flexibility index (Phi) is 5.53. The van der Waals surface area contributed by atoms with Gasteiger partial charge in [-0.15, -0.1) is 0 Å². The van der Waals surface area contributed by atoms with E-state index in [0.29, 0.717) is 16.1 Å². The highest BCUT2D eigenvalue weighted by atomic mass is 35.5. The Morgan fingerprint density at radius 2 is 2.05 bits per heavy atom. The fourth-order valence-corrected chi connectivity index (χ4v) is 2.85. The van der Waals surface area contributed by atoms with Crippen molar-refractivity contribution in [2.45, 2.75) is 32.4 Å². The predicted molar refractivity (Wildman–Crippen MR) is 86.7 cm³/mol. The lowest BCUT2D eigenvalue weighted by molar-refractivity contribution is 0.540. The van der Waals surface area contributed by atoms with E-state index in [2.05, 4.69) is 35.3 Å². The zero-order valence-electron chi connectivity index (χ0n) is 11.9. The number of hydrogen-bond donors (Lipinski definition) is 1. The molecule has 0 saturated carbocycles. The van der Waals surface area contributed by atoms with Gasteiger partial charge in [0.2, 0.25) is 0 Å². The van der Waals surface area contributed by atoms with E-state index in [1.54, 1.807) is 6.07 Å². The van der Waals surface area contributed by atoms with Crippen LogP contribution >= 0.6 is 23.2 Å². The third kappa shape index (κ3) is 3.78. The highest BCUT2D eigenvalue weighted by Gasteiger charge is 2.10. The van der Waals surface area contributed by atoms with Crippen LogP contribution in [-0.2, 0) is 6.54 Å². The summed E-state index contributed by atoms with van der Waals surface area (Å²) in [4.78, 5) is 0. The molecule has 0 aliphatic heterocycles. The lowest BCUT2D eigenvalue weighted by atomic mass is 10.1. The molecule has 0 spiro atoms. The van der Waals surface area contributed by atoms with Gasteiger partial charge < -0.3 is 9.88 Å². The summed E-state index contributed by atoms with van der Waals surface area (Å²) in [5, 5.41) is 4.74. The summed E-state index contributed by atoms with van der Waals surface area (Å²) >= 11 is 12.1. The number of rotatable bonds is 6. The lowest BCUT2D eigenvalue weighted by Crippen LogP contribution is -2.15. The molecular formula is C16H20Cl2N2. The van der Waals surface area contributed by atoms with Gasteiger partial charge >= 0.3 is 0 Å². The van der Waals surface area contributed by atoms with Gasteiger partial charge in [0.25, 0.3) is 0 Å². The molecule has 2 rings (SSSR count). The fraction of sp³-hybridized carbons (Fsp3) is 0.375. The second kappa shape index (κ2) is 7.16. The average Bonchev–Trinajstić information content (AvgIpc) is 2.87. The monoisotopic (exact) mass is 310 g/mol. The van der Waals surface area contributed by atoms with Crippen molar-refractivity contribution in [2.24, 2.45) is 0 Å². The van der Waals surface area contributed by atoms with Gasteiger partial charge in [0.05, 0.1) is 0 Å². The number of nitrogens with zero attached hydrogens (tertiary/aromatic N) is 1. The van der Waals surface area contributed by atoms with E-state index >= 15 is 0 Å². The molecule has 0 bridgehead atoms. The summed E-state index contributed by atoms with van der Waals surface area (Å²) in [5.41, 5.74) is 2.40. The minimum absolute atomic E-state index is 0.418. The Labute approximate surface area is 130 Å². The summed E-state index contributed by atoms with van der Waals surface area (Å²) in [5.74, 6) is 0. The number of halogens is 2. The number of nitrogens with one attached hydrogen (secondary N) is 1. The van der Waals surface area contributed by atoms with Gasteiger partial charge in [-0.3, -0.25) is 0 Å². The van der Waals surface area contributed by atoms with Crippen molar-refractivity contribution >= 4 is 23.2 Å². The second-order valence-corrected chi connectivity index (χ2v) is 5.83. The SMILES string of the molecule is CCCC(NC)c1ccn(Cc2ccc(Cl)cc2Cl)c1. The van der Waals surface area contributed by atoms with Crippen LogP contribution in [0.2, 0.25) is 10.0 Å². The molecule has 1 N–H and O–H groups in total. The van der Waals surface area contributed by atoms with Crippen molar-refractivity contribution in [3.63, 3.8) is 0 Å². The maximum atomic E-state index is 6.22. The Hall–Kier alpha value is -0.960. The summed E-state index contributed by atoms with van der Waals surface area (Å²) in [6.45, 7) is 2.97. The molecule has 2 aromatic rings. The molecule has 1 atom stereocenters. The van der Waals surface area contributed by atoms with Crippen LogP contribution in [0.25, 0.3) is 0 Å². The Morgan fingerprint density at radius 3 is 2.70 bits per heavy atom. The van der Waals surface area contributed by atoms with Gasteiger partial charge in [0.15, 0.2) is 0 Å². The summed E-state index contributed by atoms with van der Waals surface area (Å²) < 4.78 is 2.16. The summed E-state index contributed by atoms with van der Waals surface area (Å²) in [6, 6.07) is 8.23. The third-order valence-corrected chi connectivity index (χ3v) is 4.06. The molecule has 108 valence electrons. The third-order valence-electron chi connectivity index (χ3n) is 3.47. The van der Waals surface area contributed by atoms with Crippen LogP contribution in [0.5, 0.6) is 0 Å². The van der Waals surface area contributed by atoms with Gasteiger partial charge in [-0.05, 0) is 42.8 Å². The fourth-order valence-electron chi connectivity index (χ4n) is 2.38. The molecule has 0 aliphatic rings. The lowest BCUT2D eigenvalue weighted by Gasteiger charge is -2.13. The molecule has 0 saturated heterocycles. The molecule has 1 heterocycles. The van der Waals surface area contributed by atoms with Crippen molar-refractivity contribution in [1.82, 2.24) is 9.88 Å². The molecule has 1 aromatic carbocycles.